The SMILES string of the molecule is CCN(C(=O)OC(C)(C)C)c1nccnc1Cl. The molecule has 0 aliphatic heterocycles. The van der Waals surface area contributed by atoms with Crippen molar-refractivity contribution in [1.82, 2.24) is 9.97 Å². The van der Waals surface area contributed by atoms with Crippen molar-refractivity contribution < 1.29 is 9.53 Å². The van der Waals surface area contributed by atoms with Crippen molar-refractivity contribution in [2.75, 3.05) is 11.4 Å². The zero-order valence-electron chi connectivity index (χ0n) is 10.4. The monoisotopic (exact) mass is 257 g/mol. The summed E-state index contributed by atoms with van der Waals surface area (Å²) in [5.41, 5.74) is -0.556. The Hall–Kier alpha value is -1.36. The average molecular weight is 258 g/mol. The van der Waals surface area contributed by atoms with Gasteiger partial charge in [0.2, 0.25) is 0 Å². The van der Waals surface area contributed by atoms with E-state index in [4.69, 9.17) is 16.3 Å². The molecule has 0 spiro atoms. The number of nitrogens with zero attached hydrogens (tertiary/aromatic N) is 3. The molecule has 5 nitrogen and oxygen atoms in total. The largest absolute Gasteiger partial charge is 0.443 e. The molecule has 0 radical (unpaired) electrons. The number of amides is 1. The molecular weight excluding hydrogens is 242 g/mol. The van der Waals surface area contributed by atoms with Crippen molar-refractivity contribution in [3.8, 4) is 0 Å². The molecule has 94 valence electrons. The summed E-state index contributed by atoms with van der Waals surface area (Å²) in [5.74, 6) is 0.311. The second-order valence-corrected chi connectivity index (χ2v) is 4.75. The fraction of sp³-hybridized carbons (Fsp3) is 0.545. The minimum absolute atomic E-state index is 0.181. The van der Waals surface area contributed by atoms with E-state index in [2.05, 4.69) is 9.97 Å². The van der Waals surface area contributed by atoms with Crippen molar-refractivity contribution in [2.24, 2.45) is 0 Å². The van der Waals surface area contributed by atoms with Gasteiger partial charge in [0.1, 0.15) is 5.60 Å². The third-order valence-corrected chi connectivity index (χ3v) is 2.09. The molecule has 17 heavy (non-hydrogen) atoms. The van der Waals surface area contributed by atoms with Crippen LogP contribution in [0.2, 0.25) is 5.15 Å². The minimum Gasteiger partial charge on any atom is -0.443 e. The van der Waals surface area contributed by atoms with Gasteiger partial charge in [-0.1, -0.05) is 11.6 Å². The third-order valence-electron chi connectivity index (χ3n) is 1.82. The molecule has 1 aromatic heterocycles. The molecule has 1 amide bonds. The maximum Gasteiger partial charge on any atom is 0.416 e. The number of carbonyl (C=O) groups is 1. The number of aromatic nitrogens is 2. The Kier molecular flexibility index (Phi) is 4.28. The summed E-state index contributed by atoms with van der Waals surface area (Å²) in [5, 5.41) is 0.181. The Balaban J connectivity index is 2.93. The molecule has 0 bridgehead atoms. The van der Waals surface area contributed by atoms with Crippen LogP contribution in [-0.2, 0) is 4.74 Å². The van der Waals surface area contributed by atoms with Crippen LogP contribution in [0.4, 0.5) is 10.6 Å². The van der Waals surface area contributed by atoms with Gasteiger partial charge in [-0.2, -0.15) is 0 Å². The van der Waals surface area contributed by atoms with E-state index in [0.717, 1.165) is 0 Å². The molecule has 0 N–H and O–H groups in total. The summed E-state index contributed by atoms with van der Waals surface area (Å²) in [7, 11) is 0. The van der Waals surface area contributed by atoms with Crippen LogP contribution in [0.5, 0.6) is 0 Å². The van der Waals surface area contributed by atoms with E-state index < -0.39 is 11.7 Å². The van der Waals surface area contributed by atoms with E-state index >= 15 is 0 Å². The minimum atomic E-state index is -0.556. The highest BCUT2D eigenvalue weighted by atomic mass is 35.5. The number of hydrogen-bond donors (Lipinski definition) is 0. The summed E-state index contributed by atoms with van der Waals surface area (Å²) in [6.45, 7) is 7.63. The molecule has 0 saturated carbocycles. The molecular formula is C11H16ClN3O2. The van der Waals surface area contributed by atoms with Gasteiger partial charge < -0.3 is 4.74 Å². The van der Waals surface area contributed by atoms with E-state index in [1.54, 1.807) is 20.8 Å². The maximum atomic E-state index is 11.9. The summed E-state index contributed by atoms with van der Waals surface area (Å²) >= 11 is 5.89. The molecule has 0 aliphatic rings. The summed E-state index contributed by atoms with van der Waals surface area (Å²) in [4.78, 5) is 21.2. The molecule has 0 unspecified atom stereocenters. The smallest absolute Gasteiger partial charge is 0.416 e. The second-order valence-electron chi connectivity index (χ2n) is 4.40. The predicted molar refractivity (Wildman–Crippen MR) is 66.3 cm³/mol. The first kappa shape index (κ1) is 13.7. The van der Waals surface area contributed by atoms with Gasteiger partial charge in [0.05, 0.1) is 0 Å². The van der Waals surface area contributed by atoms with Crippen LogP contribution in [0.1, 0.15) is 27.7 Å². The molecule has 1 rings (SSSR count). The Labute approximate surface area is 106 Å². The van der Waals surface area contributed by atoms with Crippen molar-refractivity contribution in [1.29, 1.82) is 0 Å². The number of carbonyl (C=O) groups excluding carboxylic acids is 1. The second kappa shape index (κ2) is 5.31. The molecule has 1 heterocycles. The lowest BCUT2D eigenvalue weighted by atomic mass is 10.2. The van der Waals surface area contributed by atoms with Gasteiger partial charge >= 0.3 is 6.09 Å². The van der Waals surface area contributed by atoms with Crippen LogP contribution in [0.15, 0.2) is 12.4 Å². The normalized spacial score (nSPS) is 11.1. The lowest BCUT2D eigenvalue weighted by Crippen LogP contribution is -2.37. The molecule has 6 heteroatoms. The van der Waals surface area contributed by atoms with Crippen LogP contribution < -0.4 is 4.90 Å². The molecule has 1 aromatic rings. The first-order chi connectivity index (χ1) is 7.85. The highest BCUT2D eigenvalue weighted by molar-refractivity contribution is 6.32. The summed E-state index contributed by atoms with van der Waals surface area (Å²) in [6.07, 6.45) is 2.46. The molecule has 0 aromatic carbocycles. The van der Waals surface area contributed by atoms with E-state index in [0.29, 0.717) is 12.4 Å². The number of rotatable bonds is 2. The number of ether oxygens (including phenoxy) is 1. The molecule has 0 aliphatic carbocycles. The Morgan fingerprint density at radius 3 is 2.47 bits per heavy atom. The van der Waals surface area contributed by atoms with E-state index in [1.807, 2.05) is 6.92 Å². The van der Waals surface area contributed by atoms with Gasteiger partial charge in [0.25, 0.3) is 0 Å². The van der Waals surface area contributed by atoms with Gasteiger partial charge in [-0.25, -0.2) is 14.8 Å². The quantitative estimate of drug-likeness (QED) is 0.817. The topological polar surface area (TPSA) is 55.3 Å². The average Bonchev–Trinajstić information content (AvgIpc) is 2.19. The van der Waals surface area contributed by atoms with Crippen LogP contribution in [0.25, 0.3) is 0 Å². The highest BCUT2D eigenvalue weighted by Gasteiger charge is 2.24. The lowest BCUT2D eigenvalue weighted by molar-refractivity contribution is 0.0581. The first-order valence-electron chi connectivity index (χ1n) is 5.32. The standard InChI is InChI=1S/C11H16ClN3O2/c1-5-15(10(16)17-11(2,3)4)9-8(12)13-6-7-14-9/h6-7H,5H2,1-4H3. The number of hydrogen-bond acceptors (Lipinski definition) is 4. The molecule has 0 saturated heterocycles. The zero-order chi connectivity index (χ0) is 13.1. The Bertz CT molecular complexity index is 404. The summed E-state index contributed by atoms with van der Waals surface area (Å²) in [6, 6.07) is 0. The first-order valence-corrected chi connectivity index (χ1v) is 5.70. The third kappa shape index (κ3) is 3.85. The fourth-order valence-electron chi connectivity index (χ4n) is 1.18. The van der Waals surface area contributed by atoms with Gasteiger partial charge in [0.15, 0.2) is 11.0 Å². The van der Waals surface area contributed by atoms with Crippen LogP contribution >= 0.6 is 11.6 Å². The Morgan fingerprint density at radius 1 is 1.41 bits per heavy atom. The van der Waals surface area contributed by atoms with Crippen LogP contribution in [0, 0.1) is 0 Å². The van der Waals surface area contributed by atoms with Gasteiger partial charge in [-0.15, -0.1) is 0 Å². The fourth-order valence-corrected chi connectivity index (χ4v) is 1.38. The maximum absolute atomic E-state index is 11.9. The van der Waals surface area contributed by atoms with Gasteiger partial charge in [0, 0.05) is 18.9 Å². The van der Waals surface area contributed by atoms with E-state index in [1.165, 1.54) is 17.3 Å². The predicted octanol–water partition coefficient (Wildman–Crippen LogP) is 2.89. The lowest BCUT2D eigenvalue weighted by Gasteiger charge is -2.25. The summed E-state index contributed by atoms with van der Waals surface area (Å²) < 4.78 is 5.26. The molecule has 0 atom stereocenters. The van der Waals surface area contributed by atoms with Gasteiger partial charge in [-0.05, 0) is 27.7 Å². The Morgan fingerprint density at radius 2 is 2.00 bits per heavy atom. The van der Waals surface area contributed by atoms with Crippen LogP contribution in [0.3, 0.4) is 0 Å². The van der Waals surface area contributed by atoms with Crippen molar-refractivity contribution in [3.05, 3.63) is 17.5 Å². The van der Waals surface area contributed by atoms with E-state index in [-0.39, 0.29) is 5.15 Å². The van der Waals surface area contributed by atoms with Crippen molar-refractivity contribution in [3.63, 3.8) is 0 Å². The molecule has 0 fully saturated rings. The zero-order valence-corrected chi connectivity index (χ0v) is 11.2. The van der Waals surface area contributed by atoms with Crippen molar-refractivity contribution >= 4 is 23.5 Å². The van der Waals surface area contributed by atoms with Crippen molar-refractivity contribution in [2.45, 2.75) is 33.3 Å². The van der Waals surface area contributed by atoms with E-state index in [9.17, 15) is 4.79 Å². The number of anilines is 1. The van der Waals surface area contributed by atoms with Gasteiger partial charge in [-0.3, -0.25) is 4.90 Å². The van der Waals surface area contributed by atoms with Crippen LogP contribution in [-0.4, -0.2) is 28.2 Å². The number of halogens is 1. The highest BCUT2D eigenvalue weighted by Crippen LogP contribution is 2.21.